The van der Waals surface area contributed by atoms with Crippen LogP contribution >= 0.6 is 11.3 Å². The molecule has 21 heavy (non-hydrogen) atoms. The molecule has 0 unspecified atom stereocenters. The Hall–Kier alpha value is -2.34. The van der Waals surface area contributed by atoms with Crippen LogP contribution in [-0.2, 0) is 6.61 Å². The molecule has 1 N–H and O–H groups in total. The topological polar surface area (TPSA) is 63.8 Å². The smallest absolute Gasteiger partial charge is 0.335 e. The van der Waals surface area contributed by atoms with E-state index in [1.54, 1.807) is 23.5 Å². The zero-order chi connectivity index (χ0) is 15.0. The van der Waals surface area contributed by atoms with E-state index in [2.05, 4.69) is 4.98 Å². The summed E-state index contributed by atoms with van der Waals surface area (Å²) in [6.45, 7) is 4.06. The molecule has 5 nitrogen and oxygen atoms in total. The maximum absolute atomic E-state index is 11.0. The van der Waals surface area contributed by atoms with E-state index in [9.17, 15) is 4.79 Å². The number of carboxylic acid groups (broad SMARTS) is 1. The molecular formula is C15H14N2O3S. The molecular weight excluding hydrogens is 288 g/mol. The minimum absolute atomic E-state index is 0.278. The number of imidazole rings is 1. The molecule has 3 aromatic rings. The average Bonchev–Trinajstić information content (AvgIpc) is 2.98. The number of rotatable bonds is 4. The summed E-state index contributed by atoms with van der Waals surface area (Å²) in [5, 5.41) is 11.0. The van der Waals surface area contributed by atoms with Crippen LogP contribution in [0.1, 0.15) is 27.2 Å². The Morgan fingerprint density at radius 3 is 2.71 bits per heavy atom. The fourth-order valence-electron chi connectivity index (χ4n) is 2.29. The van der Waals surface area contributed by atoms with Crippen molar-refractivity contribution in [1.82, 2.24) is 9.38 Å². The highest BCUT2D eigenvalue weighted by molar-refractivity contribution is 7.15. The van der Waals surface area contributed by atoms with Gasteiger partial charge < -0.3 is 9.84 Å². The fourth-order valence-corrected chi connectivity index (χ4v) is 3.01. The first-order valence-electron chi connectivity index (χ1n) is 6.43. The predicted octanol–water partition coefficient (Wildman–Crippen LogP) is 3.29. The molecule has 6 heteroatoms. The van der Waals surface area contributed by atoms with Gasteiger partial charge in [-0.15, -0.1) is 11.3 Å². The van der Waals surface area contributed by atoms with Crippen LogP contribution in [0.4, 0.5) is 0 Å². The highest BCUT2D eigenvalue weighted by Gasteiger charge is 2.11. The first-order chi connectivity index (χ1) is 10.0. The number of fused-ring (bicyclic) bond motifs is 1. The molecule has 0 spiro atoms. The fraction of sp³-hybridized carbons (Fsp3) is 0.200. The van der Waals surface area contributed by atoms with Gasteiger partial charge >= 0.3 is 5.97 Å². The number of thiazole rings is 1. The number of aryl methyl sites for hydroxylation is 2. The average molecular weight is 302 g/mol. The van der Waals surface area contributed by atoms with Gasteiger partial charge in [-0.25, -0.2) is 9.78 Å². The monoisotopic (exact) mass is 302 g/mol. The van der Waals surface area contributed by atoms with Crippen molar-refractivity contribution in [2.75, 3.05) is 0 Å². The van der Waals surface area contributed by atoms with Crippen molar-refractivity contribution in [2.45, 2.75) is 20.5 Å². The number of benzene rings is 1. The lowest BCUT2D eigenvalue weighted by Crippen LogP contribution is -2.03. The van der Waals surface area contributed by atoms with Crippen LogP contribution in [0.5, 0.6) is 5.75 Å². The van der Waals surface area contributed by atoms with Gasteiger partial charge in [-0.05, 0) is 37.1 Å². The molecule has 0 fully saturated rings. The summed E-state index contributed by atoms with van der Waals surface area (Å²) < 4.78 is 7.78. The zero-order valence-electron chi connectivity index (χ0n) is 11.7. The molecule has 2 aromatic heterocycles. The van der Waals surface area contributed by atoms with Gasteiger partial charge in [-0.3, -0.25) is 4.40 Å². The van der Waals surface area contributed by atoms with Gasteiger partial charge in [-0.1, -0.05) is 0 Å². The van der Waals surface area contributed by atoms with E-state index in [1.807, 2.05) is 36.0 Å². The molecule has 2 heterocycles. The summed E-state index contributed by atoms with van der Waals surface area (Å²) in [7, 11) is 0. The second-order valence-corrected chi connectivity index (χ2v) is 5.73. The number of carboxylic acids is 1. The van der Waals surface area contributed by atoms with E-state index in [1.165, 1.54) is 0 Å². The van der Waals surface area contributed by atoms with Crippen molar-refractivity contribution in [3.63, 3.8) is 0 Å². The normalized spacial score (nSPS) is 11.0. The molecule has 0 radical (unpaired) electrons. The van der Waals surface area contributed by atoms with Crippen LogP contribution in [0.25, 0.3) is 4.96 Å². The Bertz CT molecular complexity index is 768. The molecule has 0 amide bonds. The molecule has 3 rings (SSSR count). The summed E-state index contributed by atoms with van der Waals surface area (Å²) in [6.07, 6.45) is 3.89. The largest absolute Gasteiger partial charge is 0.487 e. The Morgan fingerprint density at radius 2 is 2.10 bits per heavy atom. The van der Waals surface area contributed by atoms with E-state index < -0.39 is 5.97 Å². The van der Waals surface area contributed by atoms with Gasteiger partial charge in [0.05, 0.1) is 11.3 Å². The van der Waals surface area contributed by atoms with E-state index in [0.29, 0.717) is 6.61 Å². The third-order valence-electron chi connectivity index (χ3n) is 3.21. The number of hydrogen-bond acceptors (Lipinski definition) is 4. The van der Waals surface area contributed by atoms with Gasteiger partial charge in [0.2, 0.25) is 0 Å². The molecule has 1 aromatic carbocycles. The Balaban J connectivity index is 1.81. The molecule has 0 bridgehead atoms. The minimum Gasteiger partial charge on any atom is -0.487 e. The summed E-state index contributed by atoms with van der Waals surface area (Å²) >= 11 is 1.57. The molecule has 108 valence electrons. The standard InChI is InChI=1S/C15H14N2O3S/c1-9-5-11(14(18)19)6-10(2)13(9)20-8-12-7-17-3-4-21-15(17)16-12/h3-7H,8H2,1-2H3,(H,18,19). The predicted molar refractivity (Wildman–Crippen MR) is 80.3 cm³/mol. The quantitative estimate of drug-likeness (QED) is 0.803. The van der Waals surface area contributed by atoms with Crippen molar-refractivity contribution in [3.05, 3.63) is 52.3 Å². The lowest BCUT2D eigenvalue weighted by molar-refractivity contribution is 0.0696. The second-order valence-electron chi connectivity index (χ2n) is 4.86. The van der Waals surface area contributed by atoms with Crippen LogP contribution in [0.3, 0.4) is 0 Å². The van der Waals surface area contributed by atoms with E-state index >= 15 is 0 Å². The molecule has 0 aliphatic rings. The van der Waals surface area contributed by atoms with E-state index in [4.69, 9.17) is 9.84 Å². The van der Waals surface area contributed by atoms with Crippen LogP contribution in [0.15, 0.2) is 29.9 Å². The number of aromatic nitrogens is 2. The van der Waals surface area contributed by atoms with Gasteiger partial charge in [0, 0.05) is 17.8 Å². The van der Waals surface area contributed by atoms with Gasteiger partial charge in [0.1, 0.15) is 12.4 Å². The minimum atomic E-state index is -0.929. The number of carbonyl (C=O) groups is 1. The Morgan fingerprint density at radius 1 is 1.38 bits per heavy atom. The SMILES string of the molecule is Cc1cc(C(=O)O)cc(C)c1OCc1cn2ccsc2n1. The summed E-state index contributed by atoms with van der Waals surface area (Å²) in [4.78, 5) is 16.4. The Kier molecular flexibility index (Phi) is 3.39. The molecule has 0 saturated heterocycles. The van der Waals surface area contributed by atoms with Crippen molar-refractivity contribution in [1.29, 1.82) is 0 Å². The summed E-state index contributed by atoms with van der Waals surface area (Å²) in [6, 6.07) is 3.24. The van der Waals surface area contributed by atoms with Crippen molar-refractivity contribution in [3.8, 4) is 5.75 Å². The van der Waals surface area contributed by atoms with Crippen LogP contribution in [0.2, 0.25) is 0 Å². The maximum Gasteiger partial charge on any atom is 0.335 e. The Labute approximate surface area is 125 Å². The lowest BCUT2D eigenvalue weighted by atomic mass is 10.1. The van der Waals surface area contributed by atoms with Gasteiger partial charge in [0.15, 0.2) is 4.96 Å². The number of ether oxygens (including phenoxy) is 1. The third-order valence-corrected chi connectivity index (χ3v) is 3.99. The van der Waals surface area contributed by atoms with Crippen LogP contribution < -0.4 is 4.74 Å². The third kappa shape index (κ3) is 2.62. The van der Waals surface area contributed by atoms with Crippen molar-refractivity contribution >= 4 is 22.3 Å². The molecule has 0 atom stereocenters. The van der Waals surface area contributed by atoms with Gasteiger partial charge in [-0.2, -0.15) is 0 Å². The highest BCUT2D eigenvalue weighted by Crippen LogP contribution is 2.26. The lowest BCUT2D eigenvalue weighted by Gasteiger charge is -2.12. The number of aromatic carboxylic acids is 1. The summed E-state index contributed by atoms with van der Waals surface area (Å²) in [5.41, 5.74) is 2.75. The van der Waals surface area contributed by atoms with Crippen LogP contribution in [-0.4, -0.2) is 20.5 Å². The first kappa shape index (κ1) is 13.6. The van der Waals surface area contributed by atoms with E-state index in [-0.39, 0.29) is 5.56 Å². The zero-order valence-corrected chi connectivity index (χ0v) is 12.5. The first-order valence-corrected chi connectivity index (χ1v) is 7.31. The molecule has 0 saturated carbocycles. The highest BCUT2D eigenvalue weighted by atomic mass is 32.1. The summed E-state index contributed by atoms with van der Waals surface area (Å²) in [5.74, 6) is -0.210. The number of nitrogens with zero attached hydrogens (tertiary/aromatic N) is 2. The van der Waals surface area contributed by atoms with Crippen LogP contribution in [0, 0.1) is 13.8 Å². The van der Waals surface area contributed by atoms with Gasteiger partial charge in [0.25, 0.3) is 0 Å². The van der Waals surface area contributed by atoms with Crippen molar-refractivity contribution in [2.24, 2.45) is 0 Å². The molecule has 0 aliphatic heterocycles. The second kappa shape index (κ2) is 5.21. The van der Waals surface area contributed by atoms with E-state index in [0.717, 1.165) is 27.5 Å². The molecule has 0 aliphatic carbocycles. The van der Waals surface area contributed by atoms with Crippen molar-refractivity contribution < 1.29 is 14.6 Å². The maximum atomic E-state index is 11.0. The number of hydrogen-bond donors (Lipinski definition) is 1.